The van der Waals surface area contributed by atoms with Crippen LogP contribution in [-0.4, -0.2) is 45.5 Å². The molecule has 2 N–H and O–H groups in total. The van der Waals surface area contributed by atoms with Crippen molar-refractivity contribution in [2.24, 2.45) is 7.05 Å². The SMILES string of the molecule is Cc1nn(C)c(C)c1NC(=O)CNC(=O)c1cccc(CN2CCCC2=O)c1. The molecule has 1 aliphatic heterocycles. The minimum Gasteiger partial charge on any atom is -0.343 e. The Kier molecular flexibility index (Phi) is 5.77. The number of hydrogen-bond acceptors (Lipinski definition) is 4. The van der Waals surface area contributed by atoms with Crippen LogP contribution < -0.4 is 10.6 Å². The number of benzene rings is 1. The lowest BCUT2D eigenvalue weighted by molar-refractivity contribution is -0.128. The van der Waals surface area contributed by atoms with Gasteiger partial charge in [0, 0.05) is 32.1 Å². The lowest BCUT2D eigenvalue weighted by Crippen LogP contribution is -2.33. The predicted molar refractivity (Wildman–Crippen MR) is 105 cm³/mol. The Morgan fingerprint density at radius 1 is 1.25 bits per heavy atom. The molecule has 0 unspecified atom stereocenters. The number of aryl methyl sites for hydroxylation is 2. The van der Waals surface area contributed by atoms with Crippen LogP contribution in [0, 0.1) is 13.8 Å². The molecular formula is C20H25N5O3. The smallest absolute Gasteiger partial charge is 0.251 e. The van der Waals surface area contributed by atoms with Gasteiger partial charge in [-0.25, -0.2) is 0 Å². The van der Waals surface area contributed by atoms with Crippen molar-refractivity contribution in [3.05, 3.63) is 46.8 Å². The molecule has 0 atom stereocenters. The Balaban J connectivity index is 1.56. The fourth-order valence-corrected chi connectivity index (χ4v) is 3.30. The molecule has 0 aliphatic carbocycles. The Labute approximate surface area is 163 Å². The van der Waals surface area contributed by atoms with Crippen molar-refractivity contribution in [1.82, 2.24) is 20.0 Å². The fourth-order valence-electron chi connectivity index (χ4n) is 3.30. The van der Waals surface area contributed by atoms with Crippen molar-refractivity contribution in [3.63, 3.8) is 0 Å². The van der Waals surface area contributed by atoms with Crippen LogP contribution >= 0.6 is 0 Å². The third-order valence-electron chi connectivity index (χ3n) is 4.92. The number of nitrogens with one attached hydrogen (secondary N) is 2. The standard InChI is InChI=1S/C20H25N5O3/c1-13-19(14(2)24(3)23-13)22-17(26)11-21-20(28)16-7-4-6-15(10-16)12-25-9-5-8-18(25)27/h4,6-7,10H,5,8-9,11-12H2,1-3H3,(H,21,28)(H,22,26). The monoisotopic (exact) mass is 383 g/mol. The van der Waals surface area contributed by atoms with Gasteiger partial charge in [-0.3, -0.25) is 19.1 Å². The molecule has 0 bridgehead atoms. The van der Waals surface area contributed by atoms with E-state index >= 15 is 0 Å². The molecule has 1 aliphatic rings. The summed E-state index contributed by atoms with van der Waals surface area (Å²) in [6, 6.07) is 7.13. The van der Waals surface area contributed by atoms with Crippen molar-refractivity contribution in [2.75, 3.05) is 18.4 Å². The third kappa shape index (κ3) is 4.39. The lowest BCUT2D eigenvalue weighted by Gasteiger charge is -2.16. The molecule has 0 radical (unpaired) electrons. The summed E-state index contributed by atoms with van der Waals surface area (Å²) < 4.78 is 1.69. The number of likely N-dealkylation sites (tertiary alicyclic amines) is 1. The van der Waals surface area contributed by atoms with E-state index in [0.29, 0.717) is 24.2 Å². The van der Waals surface area contributed by atoms with Crippen LogP contribution in [-0.2, 0) is 23.2 Å². The second-order valence-corrected chi connectivity index (χ2v) is 7.02. The van der Waals surface area contributed by atoms with Crippen molar-refractivity contribution in [1.29, 1.82) is 0 Å². The number of amides is 3. The maximum atomic E-state index is 12.4. The van der Waals surface area contributed by atoms with Gasteiger partial charge in [-0.05, 0) is 38.0 Å². The minimum atomic E-state index is -0.329. The lowest BCUT2D eigenvalue weighted by atomic mass is 10.1. The maximum Gasteiger partial charge on any atom is 0.251 e. The summed E-state index contributed by atoms with van der Waals surface area (Å²) in [6.07, 6.45) is 1.47. The van der Waals surface area contributed by atoms with E-state index in [1.54, 1.807) is 27.8 Å². The van der Waals surface area contributed by atoms with Gasteiger partial charge in [0.2, 0.25) is 11.8 Å². The van der Waals surface area contributed by atoms with E-state index in [1.807, 2.05) is 27.0 Å². The molecule has 8 nitrogen and oxygen atoms in total. The van der Waals surface area contributed by atoms with Crippen LogP contribution in [0.4, 0.5) is 5.69 Å². The van der Waals surface area contributed by atoms with Crippen molar-refractivity contribution >= 4 is 23.4 Å². The highest BCUT2D eigenvalue weighted by Gasteiger charge is 2.20. The first-order chi connectivity index (χ1) is 13.3. The normalized spacial score (nSPS) is 13.7. The van der Waals surface area contributed by atoms with Gasteiger partial charge >= 0.3 is 0 Å². The van der Waals surface area contributed by atoms with Gasteiger partial charge in [-0.2, -0.15) is 5.10 Å². The molecule has 28 heavy (non-hydrogen) atoms. The van der Waals surface area contributed by atoms with Crippen molar-refractivity contribution in [2.45, 2.75) is 33.2 Å². The van der Waals surface area contributed by atoms with Crippen LogP contribution in [0.2, 0.25) is 0 Å². The maximum absolute atomic E-state index is 12.4. The summed E-state index contributed by atoms with van der Waals surface area (Å²) in [6.45, 7) is 4.80. The molecule has 1 aromatic carbocycles. The van der Waals surface area contributed by atoms with Crippen LogP contribution in [0.3, 0.4) is 0 Å². The second kappa shape index (κ2) is 8.24. The van der Waals surface area contributed by atoms with Gasteiger partial charge < -0.3 is 15.5 Å². The molecule has 8 heteroatoms. The molecule has 1 fully saturated rings. The first-order valence-electron chi connectivity index (χ1n) is 9.30. The minimum absolute atomic E-state index is 0.137. The van der Waals surface area contributed by atoms with Crippen molar-refractivity contribution in [3.8, 4) is 0 Å². The summed E-state index contributed by atoms with van der Waals surface area (Å²) >= 11 is 0. The average molecular weight is 383 g/mol. The third-order valence-corrected chi connectivity index (χ3v) is 4.92. The summed E-state index contributed by atoms with van der Waals surface area (Å²) in [4.78, 5) is 38.2. The predicted octanol–water partition coefficient (Wildman–Crippen LogP) is 1.53. The Morgan fingerprint density at radius 2 is 2.04 bits per heavy atom. The molecule has 148 valence electrons. The van der Waals surface area contributed by atoms with E-state index in [1.165, 1.54) is 0 Å². The second-order valence-electron chi connectivity index (χ2n) is 7.02. The quantitative estimate of drug-likeness (QED) is 0.791. The number of anilines is 1. The number of carbonyl (C=O) groups excluding carboxylic acids is 3. The van der Waals surface area contributed by atoms with E-state index in [0.717, 1.165) is 29.9 Å². The summed E-state index contributed by atoms with van der Waals surface area (Å²) in [5, 5.41) is 9.68. The van der Waals surface area contributed by atoms with E-state index < -0.39 is 0 Å². The van der Waals surface area contributed by atoms with E-state index in [4.69, 9.17) is 0 Å². The summed E-state index contributed by atoms with van der Waals surface area (Å²) in [7, 11) is 1.81. The molecule has 2 aromatic rings. The van der Waals surface area contributed by atoms with Crippen LogP contribution in [0.25, 0.3) is 0 Å². The van der Waals surface area contributed by atoms with Gasteiger partial charge in [-0.15, -0.1) is 0 Å². The van der Waals surface area contributed by atoms with Gasteiger partial charge in [-0.1, -0.05) is 12.1 Å². The van der Waals surface area contributed by atoms with Crippen LogP contribution in [0.5, 0.6) is 0 Å². The highest BCUT2D eigenvalue weighted by Crippen LogP contribution is 2.18. The van der Waals surface area contributed by atoms with Gasteiger partial charge in [0.1, 0.15) is 0 Å². The zero-order valence-corrected chi connectivity index (χ0v) is 16.4. The van der Waals surface area contributed by atoms with Crippen molar-refractivity contribution < 1.29 is 14.4 Å². The largest absolute Gasteiger partial charge is 0.343 e. The number of nitrogens with zero attached hydrogens (tertiary/aromatic N) is 3. The van der Waals surface area contributed by atoms with Gasteiger partial charge in [0.05, 0.1) is 23.6 Å². The first kappa shape index (κ1) is 19.6. The average Bonchev–Trinajstić information content (AvgIpc) is 3.17. The molecule has 0 saturated carbocycles. The fraction of sp³-hybridized carbons (Fsp3) is 0.400. The number of hydrogen-bond donors (Lipinski definition) is 2. The van der Waals surface area contributed by atoms with E-state index in [2.05, 4.69) is 15.7 Å². The molecular weight excluding hydrogens is 358 g/mol. The number of rotatable bonds is 6. The first-order valence-corrected chi connectivity index (χ1v) is 9.30. The van der Waals surface area contributed by atoms with Gasteiger partial charge in [0.25, 0.3) is 5.91 Å². The Morgan fingerprint density at radius 3 is 2.68 bits per heavy atom. The Bertz CT molecular complexity index is 919. The number of aromatic nitrogens is 2. The zero-order chi connectivity index (χ0) is 20.3. The molecule has 0 spiro atoms. The molecule has 1 saturated heterocycles. The summed E-state index contributed by atoms with van der Waals surface area (Å²) in [5.41, 5.74) is 3.60. The molecule has 3 rings (SSSR count). The van der Waals surface area contributed by atoms with Crippen LogP contribution in [0.1, 0.15) is 40.2 Å². The van der Waals surface area contributed by atoms with E-state index in [-0.39, 0.29) is 24.3 Å². The molecule has 2 heterocycles. The highest BCUT2D eigenvalue weighted by atomic mass is 16.2. The number of carbonyl (C=O) groups is 3. The molecule has 1 aromatic heterocycles. The highest BCUT2D eigenvalue weighted by molar-refractivity contribution is 5.99. The van der Waals surface area contributed by atoms with E-state index in [9.17, 15) is 14.4 Å². The summed E-state index contributed by atoms with van der Waals surface area (Å²) in [5.74, 6) is -0.497. The zero-order valence-electron chi connectivity index (χ0n) is 16.4. The molecule has 3 amide bonds. The topological polar surface area (TPSA) is 96.3 Å². The van der Waals surface area contributed by atoms with Gasteiger partial charge in [0.15, 0.2) is 0 Å². The Hall–Kier alpha value is -3.16. The van der Waals surface area contributed by atoms with Crippen LogP contribution in [0.15, 0.2) is 24.3 Å².